The zero-order chi connectivity index (χ0) is 13.0. The minimum absolute atomic E-state index is 0.276. The Labute approximate surface area is 102 Å². The topological polar surface area (TPSA) is 92.0 Å². The van der Waals surface area contributed by atoms with Crippen LogP contribution in [-0.2, 0) is 0 Å². The van der Waals surface area contributed by atoms with Crippen LogP contribution in [0, 0.1) is 5.92 Å². The van der Waals surface area contributed by atoms with E-state index in [9.17, 15) is 0 Å². The molecule has 1 heterocycles. The molecule has 0 amide bonds. The quantitative estimate of drug-likeness (QED) is 0.514. The zero-order valence-electron chi connectivity index (χ0n) is 11.0. The van der Waals surface area contributed by atoms with Crippen LogP contribution >= 0.6 is 0 Å². The van der Waals surface area contributed by atoms with Gasteiger partial charge in [0.2, 0.25) is 17.8 Å². The first kappa shape index (κ1) is 13.4. The van der Waals surface area contributed by atoms with Crippen molar-refractivity contribution in [3.05, 3.63) is 0 Å². The molecule has 0 aliphatic carbocycles. The van der Waals surface area contributed by atoms with Gasteiger partial charge in [-0.2, -0.15) is 15.0 Å². The molecule has 1 atom stereocenters. The molecule has 0 fully saturated rings. The summed E-state index contributed by atoms with van der Waals surface area (Å²) in [6.45, 7) is 6.35. The van der Waals surface area contributed by atoms with Crippen LogP contribution in [0.3, 0.4) is 0 Å². The Balaban J connectivity index is 2.94. The van der Waals surface area contributed by atoms with Gasteiger partial charge in [-0.15, -0.1) is 0 Å². The molecule has 1 aromatic rings. The van der Waals surface area contributed by atoms with Crippen LogP contribution < -0.4 is 21.5 Å². The molecule has 0 aromatic carbocycles. The van der Waals surface area contributed by atoms with E-state index in [1.54, 1.807) is 4.90 Å². The lowest BCUT2D eigenvalue weighted by Crippen LogP contribution is -2.25. The fraction of sp³-hybridized carbons (Fsp3) is 0.700. The van der Waals surface area contributed by atoms with E-state index in [0.717, 1.165) is 0 Å². The molecule has 7 nitrogen and oxygen atoms in total. The van der Waals surface area contributed by atoms with Gasteiger partial charge in [0.05, 0.1) is 0 Å². The van der Waals surface area contributed by atoms with E-state index >= 15 is 0 Å². The number of nitrogens with zero attached hydrogens (tertiary/aromatic N) is 4. The van der Waals surface area contributed by atoms with E-state index < -0.39 is 0 Å². The molecule has 0 aliphatic heterocycles. The lowest BCUT2D eigenvalue weighted by Gasteiger charge is -2.19. The van der Waals surface area contributed by atoms with Crippen molar-refractivity contribution in [2.24, 2.45) is 11.8 Å². The molecule has 0 aliphatic rings. The predicted molar refractivity (Wildman–Crippen MR) is 69.9 cm³/mol. The van der Waals surface area contributed by atoms with Gasteiger partial charge in [-0.1, -0.05) is 13.8 Å². The summed E-state index contributed by atoms with van der Waals surface area (Å²) in [6, 6.07) is 0.276. The van der Waals surface area contributed by atoms with E-state index in [4.69, 9.17) is 5.84 Å². The summed E-state index contributed by atoms with van der Waals surface area (Å²) in [5, 5.41) is 3.23. The maximum Gasteiger partial charge on any atom is 0.243 e. The molecular formula is C10H21N7. The molecule has 0 saturated carbocycles. The Kier molecular flexibility index (Phi) is 4.45. The van der Waals surface area contributed by atoms with Gasteiger partial charge < -0.3 is 10.2 Å². The number of aromatic nitrogens is 3. The minimum Gasteiger partial charge on any atom is -0.351 e. The Hall–Kier alpha value is -1.63. The van der Waals surface area contributed by atoms with Crippen LogP contribution in [0.5, 0.6) is 0 Å². The van der Waals surface area contributed by atoms with Gasteiger partial charge in [-0.25, -0.2) is 5.84 Å². The van der Waals surface area contributed by atoms with Crippen molar-refractivity contribution in [2.45, 2.75) is 26.8 Å². The first-order valence-electron chi connectivity index (χ1n) is 5.60. The minimum atomic E-state index is 0.276. The zero-order valence-corrected chi connectivity index (χ0v) is 11.0. The molecule has 0 radical (unpaired) electrons. The standard InChI is InChI=1S/C10H21N7/c1-6(2)7(3)12-8-13-9(16-11)15-10(14-8)17(4)5/h6-7H,11H2,1-5H3,(H2,12,13,14,15,16). The molecular weight excluding hydrogens is 218 g/mol. The Bertz CT molecular complexity index is 364. The second-order valence-electron chi connectivity index (χ2n) is 4.50. The highest BCUT2D eigenvalue weighted by Crippen LogP contribution is 2.13. The monoisotopic (exact) mass is 239 g/mol. The van der Waals surface area contributed by atoms with Crippen LogP contribution in [0.2, 0.25) is 0 Å². The molecule has 1 aromatic heterocycles. The van der Waals surface area contributed by atoms with E-state index in [1.165, 1.54) is 0 Å². The molecule has 0 bridgehead atoms. The Morgan fingerprint density at radius 1 is 1.06 bits per heavy atom. The molecule has 1 unspecified atom stereocenters. The highest BCUT2D eigenvalue weighted by atomic mass is 15.4. The third kappa shape index (κ3) is 3.70. The molecule has 7 heteroatoms. The van der Waals surface area contributed by atoms with Crippen molar-refractivity contribution >= 4 is 17.8 Å². The van der Waals surface area contributed by atoms with Gasteiger partial charge in [0.25, 0.3) is 0 Å². The largest absolute Gasteiger partial charge is 0.351 e. The van der Waals surface area contributed by atoms with Crippen molar-refractivity contribution in [1.29, 1.82) is 0 Å². The first-order chi connectivity index (χ1) is 7.93. The fourth-order valence-corrected chi connectivity index (χ4v) is 1.06. The van der Waals surface area contributed by atoms with Gasteiger partial charge >= 0.3 is 0 Å². The summed E-state index contributed by atoms with van der Waals surface area (Å²) >= 11 is 0. The van der Waals surface area contributed by atoms with Crippen LogP contribution in [0.15, 0.2) is 0 Å². The maximum atomic E-state index is 5.33. The summed E-state index contributed by atoms with van der Waals surface area (Å²) in [5.41, 5.74) is 2.44. The van der Waals surface area contributed by atoms with E-state index in [0.29, 0.717) is 23.8 Å². The highest BCUT2D eigenvalue weighted by molar-refractivity contribution is 5.42. The van der Waals surface area contributed by atoms with Gasteiger partial charge in [0.15, 0.2) is 0 Å². The number of hydrogen-bond donors (Lipinski definition) is 3. The summed E-state index contributed by atoms with van der Waals surface area (Å²) in [5.74, 6) is 7.26. The van der Waals surface area contributed by atoms with Crippen LogP contribution in [0.25, 0.3) is 0 Å². The van der Waals surface area contributed by atoms with Crippen LogP contribution in [0.1, 0.15) is 20.8 Å². The number of nitrogen functional groups attached to an aromatic ring is 1. The first-order valence-corrected chi connectivity index (χ1v) is 5.60. The number of hydrazine groups is 1. The number of nitrogens with two attached hydrogens (primary N) is 1. The Morgan fingerprint density at radius 3 is 2.12 bits per heavy atom. The number of hydrogen-bond acceptors (Lipinski definition) is 7. The third-order valence-corrected chi connectivity index (χ3v) is 2.51. The SMILES string of the molecule is CC(C)C(C)Nc1nc(NN)nc(N(C)C)n1. The van der Waals surface area contributed by atoms with Gasteiger partial charge in [-0.05, 0) is 12.8 Å². The van der Waals surface area contributed by atoms with Crippen molar-refractivity contribution < 1.29 is 0 Å². The second kappa shape index (κ2) is 5.62. The molecule has 1 rings (SSSR count). The van der Waals surface area contributed by atoms with Crippen LogP contribution in [-0.4, -0.2) is 35.1 Å². The number of nitrogens with one attached hydrogen (secondary N) is 2. The average Bonchev–Trinajstić information content (AvgIpc) is 2.28. The van der Waals surface area contributed by atoms with Gasteiger partial charge in [0.1, 0.15) is 0 Å². The normalized spacial score (nSPS) is 12.4. The van der Waals surface area contributed by atoms with E-state index in [1.807, 2.05) is 14.1 Å². The summed E-state index contributed by atoms with van der Waals surface area (Å²) in [7, 11) is 3.73. The summed E-state index contributed by atoms with van der Waals surface area (Å²) in [4.78, 5) is 14.4. The van der Waals surface area contributed by atoms with Crippen molar-refractivity contribution in [3.8, 4) is 0 Å². The van der Waals surface area contributed by atoms with E-state index in [-0.39, 0.29) is 6.04 Å². The third-order valence-electron chi connectivity index (χ3n) is 2.51. The van der Waals surface area contributed by atoms with Gasteiger partial charge in [0, 0.05) is 20.1 Å². The Morgan fingerprint density at radius 2 is 1.65 bits per heavy atom. The lowest BCUT2D eigenvalue weighted by atomic mass is 10.1. The fourth-order valence-electron chi connectivity index (χ4n) is 1.06. The number of rotatable bonds is 5. The van der Waals surface area contributed by atoms with Crippen molar-refractivity contribution in [1.82, 2.24) is 15.0 Å². The molecule has 17 heavy (non-hydrogen) atoms. The maximum absolute atomic E-state index is 5.33. The van der Waals surface area contributed by atoms with E-state index in [2.05, 4.69) is 46.5 Å². The molecule has 0 saturated heterocycles. The molecule has 96 valence electrons. The van der Waals surface area contributed by atoms with Crippen LogP contribution in [0.4, 0.5) is 17.8 Å². The summed E-state index contributed by atoms with van der Waals surface area (Å²) in [6.07, 6.45) is 0. The lowest BCUT2D eigenvalue weighted by molar-refractivity contribution is 0.556. The molecule has 4 N–H and O–H groups in total. The van der Waals surface area contributed by atoms with Crippen molar-refractivity contribution in [2.75, 3.05) is 29.7 Å². The van der Waals surface area contributed by atoms with Gasteiger partial charge in [-0.3, -0.25) is 5.43 Å². The highest BCUT2D eigenvalue weighted by Gasteiger charge is 2.11. The second-order valence-corrected chi connectivity index (χ2v) is 4.50. The summed E-state index contributed by atoms with van der Waals surface area (Å²) < 4.78 is 0. The average molecular weight is 239 g/mol. The predicted octanol–water partition coefficient (Wildman–Crippen LogP) is 0.680. The molecule has 0 spiro atoms. The number of anilines is 3. The van der Waals surface area contributed by atoms with Crippen molar-refractivity contribution in [3.63, 3.8) is 0 Å². The smallest absolute Gasteiger partial charge is 0.243 e.